The van der Waals surface area contributed by atoms with Crippen molar-refractivity contribution in [1.29, 1.82) is 0 Å². The zero-order valence-electron chi connectivity index (χ0n) is 10.2. The number of hydrogen-bond acceptors (Lipinski definition) is 3. The summed E-state index contributed by atoms with van der Waals surface area (Å²) in [6.45, 7) is 0. The average molecular weight is 256 g/mol. The third-order valence-electron chi connectivity index (χ3n) is 3.22. The minimum absolute atomic E-state index is 0.0200. The number of phenolic OH excluding ortho intramolecular Hbond substituents is 1. The zero-order chi connectivity index (χ0) is 13.6. The number of aromatic nitrogens is 1. The van der Waals surface area contributed by atoms with Crippen molar-refractivity contribution in [1.82, 2.24) is 4.98 Å². The van der Waals surface area contributed by atoms with E-state index >= 15 is 0 Å². The van der Waals surface area contributed by atoms with Gasteiger partial charge in [0.05, 0.1) is 12.6 Å². The molecule has 0 atom stereocenters. The molecule has 3 rings (SSSR count). The van der Waals surface area contributed by atoms with E-state index < -0.39 is 5.91 Å². The summed E-state index contributed by atoms with van der Waals surface area (Å²) < 4.78 is 5.07. The first-order chi connectivity index (χ1) is 9.13. The molecule has 0 bridgehead atoms. The number of hydrogen-bond donors (Lipinski definition) is 3. The molecule has 3 aromatic rings. The summed E-state index contributed by atoms with van der Waals surface area (Å²) in [5.41, 5.74) is 7.08. The number of ether oxygens (including phenoxy) is 1. The molecule has 1 aromatic heterocycles. The maximum Gasteiger partial charge on any atom is 0.249 e. The van der Waals surface area contributed by atoms with Crippen molar-refractivity contribution in [2.45, 2.75) is 0 Å². The molecule has 0 saturated heterocycles. The molecule has 5 nitrogen and oxygen atoms in total. The van der Waals surface area contributed by atoms with Gasteiger partial charge in [-0.2, -0.15) is 0 Å². The minimum atomic E-state index is -0.498. The van der Waals surface area contributed by atoms with E-state index in [4.69, 9.17) is 10.5 Å². The summed E-state index contributed by atoms with van der Waals surface area (Å²) in [4.78, 5) is 14.6. The van der Waals surface area contributed by atoms with Crippen LogP contribution in [0.2, 0.25) is 0 Å². The Hall–Kier alpha value is -2.69. The number of primary amides is 1. The molecule has 1 heterocycles. The van der Waals surface area contributed by atoms with Gasteiger partial charge in [0.15, 0.2) is 11.5 Å². The fourth-order valence-corrected chi connectivity index (χ4v) is 2.36. The number of aromatic amines is 1. The van der Waals surface area contributed by atoms with Crippen LogP contribution in [-0.4, -0.2) is 23.1 Å². The van der Waals surface area contributed by atoms with Crippen LogP contribution in [0, 0.1) is 0 Å². The molecule has 0 radical (unpaired) electrons. The zero-order valence-corrected chi connectivity index (χ0v) is 10.2. The van der Waals surface area contributed by atoms with Gasteiger partial charge in [0, 0.05) is 21.9 Å². The van der Waals surface area contributed by atoms with Crippen molar-refractivity contribution < 1.29 is 14.6 Å². The molecule has 1 amide bonds. The highest BCUT2D eigenvalue weighted by Crippen LogP contribution is 2.38. The summed E-state index contributed by atoms with van der Waals surface area (Å²) in [6, 6.07) is 8.68. The minimum Gasteiger partial charge on any atom is -0.503 e. The van der Waals surface area contributed by atoms with Gasteiger partial charge in [0.25, 0.3) is 0 Å². The Labute approximate surface area is 108 Å². The number of rotatable bonds is 2. The molecule has 0 aliphatic heterocycles. The van der Waals surface area contributed by atoms with Crippen molar-refractivity contribution >= 4 is 27.7 Å². The number of nitrogens with two attached hydrogens (primary N) is 1. The van der Waals surface area contributed by atoms with Gasteiger partial charge in [-0.15, -0.1) is 0 Å². The number of carbonyl (C=O) groups is 1. The molecular weight excluding hydrogens is 244 g/mol. The summed E-state index contributed by atoms with van der Waals surface area (Å²) in [7, 11) is 1.48. The van der Waals surface area contributed by atoms with Gasteiger partial charge in [-0.25, -0.2) is 0 Å². The second-order valence-electron chi connectivity index (χ2n) is 4.26. The number of fused-ring (bicyclic) bond motifs is 3. The Kier molecular flexibility index (Phi) is 2.35. The van der Waals surface area contributed by atoms with Crippen molar-refractivity contribution in [3.8, 4) is 11.5 Å². The van der Waals surface area contributed by atoms with Gasteiger partial charge in [-0.1, -0.05) is 6.07 Å². The lowest BCUT2D eigenvalue weighted by atomic mass is 10.1. The van der Waals surface area contributed by atoms with Crippen LogP contribution in [0.15, 0.2) is 30.3 Å². The van der Waals surface area contributed by atoms with E-state index in [1.54, 1.807) is 24.3 Å². The van der Waals surface area contributed by atoms with Crippen molar-refractivity contribution in [3.05, 3.63) is 35.9 Å². The van der Waals surface area contributed by atoms with Crippen LogP contribution in [-0.2, 0) is 0 Å². The molecule has 5 heteroatoms. The molecule has 4 N–H and O–H groups in total. The number of phenols is 1. The molecule has 0 saturated carbocycles. The van der Waals surface area contributed by atoms with Crippen LogP contribution in [0.1, 0.15) is 10.4 Å². The van der Waals surface area contributed by atoms with E-state index in [0.29, 0.717) is 22.2 Å². The maximum absolute atomic E-state index is 11.5. The Morgan fingerprint density at radius 3 is 2.79 bits per heavy atom. The van der Waals surface area contributed by atoms with E-state index in [1.807, 2.05) is 6.07 Å². The number of aromatic hydroxyl groups is 1. The van der Waals surface area contributed by atoms with Gasteiger partial charge in [-0.3, -0.25) is 4.79 Å². The molecule has 0 fully saturated rings. The normalized spacial score (nSPS) is 11.0. The lowest BCUT2D eigenvalue weighted by Gasteiger charge is -2.03. The van der Waals surface area contributed by atoms with Crippen LogP contribution < -0.4 is 10.5 Å². The SMILES string of the molecule is COc1ccc2c([nH]c3cccc(C(N)=O)c32)c1O. The highest BCUT2D eigenvalue weighted by molar-refractivity contribution is 6.18. The van der Waals surface area contributed by atoms with E-state index in [0.717, 1.165) is 10.9 Å². The first-order valence-electron chi connectivity index (χ1n) is 5.73. The summed E-state index contributed by atoms with van der Waals surface area (Å²) in [5.74, 6) is -0.104. The maximum atomic E-state index is 11.5. The molecule has 2 aromatic carbocycles. The van der Waals surface area contributed by atoms with Gasteiger partial charge in [-0.05, 0) is 24.3 Å². The molecule has 96 valence electrons. The lowest BCUT2D eigenvalue weighted by Crippen LogP contribution is -2.10. The van der Waals surface area contributed by atoms with Crippen LogP contribution >= 0.6 is 0 Å². The van der Waals surface area contributed by atoms with Gasteiger partial charge in [0.2, 0.25) is 5.91 Å². The second-order valence-corrected chi connectivity index (χ2v) is 4.26. The Bertz CT molecular complexity index is 805. The summed E-state index contributed by atoms with van der Waals surface area (Å²) in [5, 5.41) is 11.6. The van der Waals surface area contributed by atoms with E-state index in [2.05, 4.69) is 4.98 Å². The van der Waals surface area contributed by atoms with Crippen LogP contribution in [0.3, 0.4) is 0 Å². The lowest BCUT2D eigenvalue weighted by molar-refractivity contribution is 0.100. The summed E-state index contributed by atoms with van der Waals surface area (Å²) >= 11 is 0. The van der Waals surface area contributed by atoms with Crippen molar-refractivity contribution in [3.63, 3.8) is 0 Å². The molecule has 0 aliphatic carbocycles. The predicted octanol–water partition coefficient (Wildman–Crippen LogP) is 2.13. The molecule has 19 heavy (non-hydrogen) atoms. The fraction of sp³-hybridized carbons (Fsp3) is 0.0714. The largest absolute Gasteiger partial charge is 0.503 e. The first kappa shape index (κ1) is 11.4. The average Bonchev–Trinajstić information content (AvgIpc) is 2.78. The first-order valence-corrected chi connectivity index (χ1v) is 5.73. The number of H-pyrrole nitrogens is 1. The van der Waals surface area contributed by atoms with Crippen molar-refractivity contribution in [2.75, 3.05) is 7.11 Å². The van der Waals surface area contributed by atoms with Crippen LogP contribution in [0.4, 0.5) is 0 Å². The third-order valence-corrected chi connectivity index (χ3v) is 3.22. The molecule has 0 aliphatic rings. The van der Waals surface area contributed by atoms with E-state index in [1.165, 1.54) is 7.11 Å². The smallest absolute Gasteiger partial charge is 0.249 e. The van der Waals surface area contributed by atoms with Crippen LogP contribution in [0.25, 0.3) is 21.8 Å². The monoisotopic (exact) mass is 256 g/mol. The Balaban J connectivity index is 2.50. The van der Waals surface area contributed by atoms with E-state index in [-0.39, 0.29) is 5.75 Å². The Morgan fingerprint density at radius 1 is 1.32 bits per heavy atom. The quantitative estimate of drug-likeness (QED) is 0.656. The standard InChI is InChI=1S/C14H12N2O3/c1-19-10-6-5-7-11-8(14(15)18)3-2-4-9(11)16-12(7)13(10)17/h2-6,16-17H,1H3,(H2,15,18). The van der Waals surface area contributed by atoms with E-state index in [9.17, 15) is 9.90 Å². The number of amides is 1. The topological polar surface area (TPSA) is 88.3 Å². The van der Waals surface area contributed by atoms with Gasteiger partial charge in [0.1, 0.15) is 0 Å². The molecule has 0 unspecified atom stereocenters. The predicted molar refractivity (Wildman–Crippen MR) is 72.5 cm³/mol. The van der Waals surface area contributed by atoms with Crippen molar-refractivity contribution in [2.24, 2.45) is 5.73 Å². The second kappa shape index (κ2) is 3.91. The number of carbonyl (C=O) groups excluding carboxylic acids is 1. The fourth-order valence-electron chi connectivity index (χ4n) is 2.36. The van der Waals surface area contributed by atoms with Gasteiger partial charge < -0.3 is 20.6 Å². The highest BCUT2D eigenvalue weighted by atomic mass is 16.5. The number of methoxy groups -OCH3 is 1. The van der Waals surface area contributed by atoms with Crippen LogP contribution in [0.5, 0.6) is 11.5 Å². The summed E-state index contributed by atoms with van der Waals surface area (Å²) in [6.07, 6.45) is 0. The third kappa shape index (κ3) is 1.52. The molecule has 0 spiro atoms. The number of nitrogens with one attached hydrogen (secondary N) is 1. The number of benzene rings is 2. The molecular formula is C14H12N2O3. The Morgan fingerprint density at radius 2 is 2.11 bits per heavy atom. The van der Waals surface area contributed by atoms with Gasteiger partial charge >= 0.3 is 0 Å². The highest BCUT2D eigenvalue weighted by Gasteiger charge is 2.16.